The zero-order chi connectivity index (χ0) is 15.1. The molecule has 118 valence electrons. The summed E-state index contributed by atoms with van der Waals surface area (Å²) in [7, 11) is 0. The lowest BCUT2D eigenvalue weighted by molar-refractivity contribution is -0.125. The van der Waals surface area contributed by atoms with Crippen LogP contribution in [0.25, 0.3) is 0 Å². The molecule has 0 aliphatic carbocycles. The lowest BCUT2D eigenvalue weighted by Gasteiger charge is -2.15. The maximum Gasteiger partial charge on any atom is 0.226 e. The van der Waals surface area contributed by atoms with Crippen LogP contribution in [-0.2, 0) is 9.59 Å². The minimum atomic E-state index is -0.260. The Hall–Kier alpha value is -1.11. The van der Waals surface area contributed by atoms with E-state index in [9.17, 15) is 9.59 Å². The number of halogens is 2. The van der Waals surface area contributed by atoms with Crippen molar-refractivity contribution < 1.29 is 9.59 Å². The first-order valence-electron chi connectivity index (χ1n) is 6.49. The van der Waals surface area contributed by atoms with Gasteiger partial charge in [0.05, 0.1) is 0 Å². The summed E-state index contributed by atoms with van der Waals surface area (Å²) in [6.45, 7) is 3.85. The molecule has 0 aliphatic rings. The molecule has 0 saturated heterocycles. The molecule has 0 aliphatic heterocycles. The SMILES string of the molecule is CC(N)C(C)C(=O)NCCC(=O)Nc1ccc(Br)cc1.Cl. The van der Waals surface area contributed by atoms with E-state index in [1.54, 1.807) is 26.0 Å². The van der Waals surface area contributed by atoms with Gasteiger partial charge in [-0.2, -0.15) is 0 Å². The number of benzene rings is 1. The van der Waals surface area contributed by atoms with Gasteiger partial charge in [0.25, 0.3) is 0 Å². The molecule has 0 fully saturated rings. The van der Waals surface area contributed by atoms with Gasteiger partial charge in [-0.15, -0.1) is 12.4 Å². The third-order valence-electron chi connectivity index (χ3n) is 2.98. The number of carbonyl (C=O) groups excluding carboxylic acids is 2. The molecule has 2 amide bonds. The lowest BCUT2D eigenvalue weighted by Crippen LogP contribution is -2.39. The predicted octanol–water partition coefficient (Wildman–Crippen LogP) is 2.30. The van der Waals surface area contributed by atoms with Crippen molar-refractivity contribution >= 4 is 45.8 Å². The number of hydrogen-bond acceptors (Lipinski definition) is 3. The highest BCUT2D eigenvalue weighted by Gasteiger charge is 2.16. The first kappa shape index (κ1) is 19.9. The van der Waals surface area contributed by atoms with Gasteiger partial charge in [0, 0.05) is 35.1 Å². The summed E-state index contributed by atoms with van der Waals surface area (Å²) in [4.78, 5) is 23.3. The Morgan fingerprint density at radius 2 is 1.81 bits per heavy atom. The molecule has 0 bridgehead atoms. The summed E-state index contributed by atoms with van der Waals surface area (Å²) >= 11 is 3.32. The van der Waals surface area contributed by atoms with E-state index < -0.39 is 0 Å². The zero-order valence-corrected chi connectivity index (χ0v) is 14.5. The fourth-order valence-corrected chi connectivity index (χ4v) is 1.72. The highest BCUT2D eigenvalue weighted by atomic mass is 79.9. The predicted molar refractivity (Wildman–Crippen MR) is 90.5 cm³/mol. The Balaban J connectivity index is 0.00000400. The second kappa shape index (κ2) is 9.76. The van der Waals surface area contributed by atoms with Gasteiger partial charge in [-0.05, 0) is 31.2 Å². The number of anilines is 1. The van der Waals surface area contributed by atoms with E-state index in [1.165, 1.54) is 0 Å². The summed E-state index contributed by atoms with van der Waals surface area (Å²) in [6.07, 6.45) is 0.230. The summed E-state index contributed by atoms with van der Waals surface area (Å²) in [6, 6.07) is 7.10. The number of hydrogen-bond donors (Lipinski definition) is 3. The Bertz CT molecular complexity index is 466. The Morgan fingerprint density at radius 3 is 2.33 bits per heavy atom. The van der Waals surface area contributed by atoms with Crippen molar-refractivity contribution in [1.82, 2.24) is 5.32 Å². The average molecular weight is 379 g/mol. The van der Waals surface area contributed by atoms with Crippen molar-refractivity contribution in [2.75, 3.05) is 11.9 Å². The van der Waals surface area contributed by atoms with Crippen LogP contribution >= 0.6 is 28.3 Å². The van der Waals surface area contributed by atoms with Crippen LogP contribution in [0.15, 0.2) is 28.7 Å². The van der Waals surface area contributed by atoms with Gasteiger partial charge in [0.15, 0.2) is 0 Å². The molecule has 0 spiro atoms. The molecular weight excluding hydrogens is 358 g/mol. The van der Waals surface area contributed by atoms with Crippen LogP contribution in [0, 0.1) is 5.92 Å². The second-order valence-electron chi connectivity index (χ2n) is 4.74. The first-order chi connectivity index (χ1) is 9.40. The summed E-state index contributed by atoms with van der Waals surface area (Å²) < 4.78 is 0.952. The molecule has 2 unspecified atom stereocenters. The fraction of sp³-hybridized carbons (Fsp3) is 0.429. The van der Waals surface area contributed by atoms with Gasteiger partial charge in [0.2, 0.25) is 11.8 Å². The summed E-state index contributed by atoms with van der Waals surface area (Å²) in [5.41, 5.74) is 6.37. The van der Waals surface area contributed by atoms with E-state index in [2.05, 4.69) is 26.6 Å². The average Bonchev–Trinajstić information content (AvgIpc) is 2.40. The van der Waals surface area contributed by atoms with E-state index in [4.69, 9.17) is 5.73 Å². The minimum Gasteiger partial charge on any atom is -0.355 e. The number of rotatable bonds is 6. The number of nitrogens with one attached hydrogen (secondary N) is 2. The molecule has 1 aromatic rings. The number of carbonyl (C=O) groups is 2. The normalized spacial score (nSPS) is 12.8. The quantitative estimate of drug-likeness (QED) is 0.710. The van der Waals surface area contributed by atoms with Crippen LogP contribution in [0.1, 0.15) is 20.3 Å². The van der Waals surface area contributed by atoms with Crippen LogP contribution in [0.3, 0.4) is 0 Å². The molecule has 5 nitrogen and oxygen atoms in total. The molecule has 21 heavy (non-hydrogen) atoms. The molecule has 0 heterocycles. The van der Waals surface area contributed by atoms with Gasteiger partial charge in [0.1, 0.15) is 0 Å². The Morgan fingerprint density at radius 1 is 1.24 bits per heavy atom. The van der Waals surface area contributed by atoms with Crippen LogP contribution in [0.2, 0.25) is 0 Å². The van der Waals surface area contributed by atoms with Crippen LogP contribution in [0.4, 0.5) is 5.69 Å². The first-order valence-corrected chi connectivity index (χ1v) is 7.28. The summed E-state index contributed by atoms with van der Waals surface area (Å²) in [5.74, 6) is -0.526. The van der Waals surface area contributed by atoms with Gasteiger partial charge < -0.3 is 16.4 Å². The molecular formula is C14H21BrClN3O2. The third-order valence-corrected chi connectivity index (χ3v) is 3.51. The van der Waals surface area contributed by atoms with Crippen LogP contribution in [0.5, 0.6) is 0 Å². The largest absolute Gasteiger partial charge is 0.355 e. The highest BCUT2D eigenvalue weighted by molar-refractivity contribution is 9.10. The standard InChI is InChI=1S/C14H20BrN3O2.ClH/c1-9(10(2)16)14(20)17-8-7-13(19)18-12-5-3-11(15)4-6-12;/h3-6,9-10H,7-8,16H2,1-2H3,(H,17,20)(H,18,19);1H. The smallest absolute Gasteiger partial charge is 0.226 e. The van der Waals surface area contributed by atoms with E-state index in [1.807, 2.05) is 12.1 Å². The molecule has 1 rings (SSSR count). The van der Waals surface area contributed by atoms with Crippen molar-refractivity contribution in [3.05, 3.63) is 28.7 Å². The van der Waals surface area contributed by atoms with Crippen molar-refractivity contribution in [2.45, 2.75) is 26.3 Å². The molecule has 4 N–H and O–H groups in total. The monoisotopic (exact) mass is 377 g/mol. The van der Waals surface area contributed by atoms with Gasteiger partial charge in [-0.25, -0.2) is 0 Å². The third kappa shape index (κ3) is 7.45. The number of nitrogens with two attached hydrogens (primary N) is 1. The van der Waals surface area contributed by atoms with E-state index in [0.717, 1.165) is 10.2 Å². The Labute approximate surface area is 139 Å². The molecule has 2 atom stereocenters. The van der Waals surface area contributed by atoms with Crippen LogP contribution in [-0.4, -0.2) is 24.4 Å². The van der Waals surface area contributed by atoms with Gasteiger partial charge >= 0.3 is 0 Å². The highest BCUT2D eigenvalue weighted by Crippen LogP contribution is 2.14. The second-order valence-corrected chi connectivity index (χ2v) is 5.66. The van der Waals surface area contributed by atoms with Crippen molar-refractivity contribution in [3.63, 3.8) is 0 Å². The van der Waals surface area contributed by atoms with Crippen molar-refractivity contribution in [2.24, 2.45) is 11.7 Å². The summed E-state index contributed by atoms with van der Waals surface area (Å²) in [5, 5.41) is 5.46. The molecule has 0 radical (unpaired) electrons. The van der Waals surface area contributed by atoms with E-state index in [-0.39, 0.29) is 42.6 Å². The molecule has 0 aromatic heterocycles. The Kier molecular flexibility index (Phi) is 9.24. The minimum absolute atomic E-state index is 0. The fourth-order valence-electron chi connectivity index (χ4n) is 1.46. The molecule has 1 aromatic carbocycles. The zero-order valence-electron chi connectivity index (χ0n) is 12.1. The van der Waals surface area contributed by atoms with Gasteiger partial charge in [-0.3, -0.25) is 9.59 Å². The van der Waals surface area contributed by atoms with E-state index >= 15 is 0 Å². The van der Waals surface area contributed by atoms with Gasteiger partial charge in [-0.1, -0.05) is 22.9 Å². The molecule has 7 heteroatoms. The maximum absolute atomic E-state index is 11.7. The topological polar surface area (TPSA) is 84.2 Å². The van der Waals surface area contributed by atoms with Crippen molar-refractivity contribution in [3.8, 4) is 0 Å². The molecule has 0 saturated carbocycles. The van der Waals surface area contributed by atoms with E-state index in [0.29, 0.717) is 6.54 Å². The maximum atomic E-state index is 11.7. The lowest BCUT2D eigenvalue weighted by atomic mass is 10.0. The van der Waals surface area contributed by atoms with Crippen molar-refractivity contribution in [1.29, 1.82) is 0 Å². The number of amides is 2. The van der Waals surface area contributed by atoms with Crippen LogP contribution < -0.4 is 16.4 Å².